The Balaban J connectivity index is 0.00000288. The SMILES string of the molecule is CN=C(NCC(C)N1CCOCC1C)NC1CCCC(SC)C1.I. The average molecular weight is 470 g/mol. The first-order chi connectivity index (χ1) is 11.1. The van der Waals surface area contributed by atoms with E-state index in [2.05, 4.69) is 40.6 Å². The Kier molecular flexibility index (Phi) is 11.0. The van der Waals surface area contributed by atoms with E-state index in [0.717, 1.165) is 37.5 Å². The van der Waals surface area contributed by atoms with Gasteiger partial charge in [-0.05, 0) is 39.4 Å². The zero-order chi connectivity index (χ0) is 16.7. The molecule has 4 unspecified atom stereocenters. The molecule has 0 radical (unpaired) electrons. The van der Waals surface area contributed by atoms with Crippen molar-refractivity contribution in [2.24, 2.45) is 4.99 Å². The highest BCUT2D eigenvalue weighted by atomic mass is 127. The Bertz CT molecular complexity index is 386. The minimum absolute atomic E-state index is 0. The van der Waals surface area contributed by atoms with Gasteiger partial charge in [0.2, 0.25) is 0 Å². The molecule has 1 heterocycles. The molecule has 5 nitrogen and oxygen atoms in total. The van der Waals surface area contributed by atoms with E-state index >= 15 is 0 Å². The maximum atomic E-state index is 5.53. The number of halogens is 1. The van der Waals surface area contributed by atoms with Crippen molar-refractivity contribution in [1.29, 1.82) is 0 Å². The zero-order valence-corrected chi connectivity index (χ0v) is 18.7. The lowest BCUT2D eigenvalue weighted by Gasteiger charge is -2.38. The van der Waals surface area contributed by atoms with Crippen LogP contribution in [0.1, 0.15) is 39.5 Å². The number of nitrogens with zero attached hydrogens (tertiary/aromatic N) is 2. The summed E-state index contributed by atoms with van der Waals surface area (Å²) < 4.78 is 5.53. The summed E-state index contributed by atoms with van der Waals surface area (Å²) in [7, 11) is 1.87. The summed E-state index contributed by atoms with van der Waals surface area (Å²) >= 11 is 2.00. The van der Waals surface area contributed by atoms with E-state index in [1.165, 1.54) is 25.7 Å². The Morgan fingerprint density at radius 3 is 2.88 bits per heavy atom. The summed E-state index contributed by atoms with van der Waals surface area (Å²) in [6.07, 6.45) is 7.41. The molecule has 4 atom stereocenters. The molecule has 0 aromatic carbocycles. The summed E-state index contributed by atoms with van der Waals surface area (Å²) in [6.45, 7) is 8.16. The van der Waals surface area contributed by atoms with E-state index in [1.54, 1.807) is 0 Å². The molecule has 7 heteroatoms. The second-order valence-corrected chi connectivity index (χ2v) is 7.97. The molecule has 0 spiro atoms. The van der Waals surface area contributed by atoms with Crippen molar-refractivity contribution < 1.29 is 4.74 Å². The van der Waals surface area contributed by atoms with Crippen molar-refractivity contribution in [3.05, 3.63) is 0 Å². The standard InChI is InChI=1S/C17H34N4OS.HI/c1-13(21-8-9-22-12-14(21)2)11-19-17(18-3)20-15-6-5-7-16(10-15)23-4;/h13-16H,5-12H2,1-4H3,(H2,18,19,20);1H. The molecule has 1 saturated heterocycles. The Morgan fingerprint density at radius 1 is 1.42 bits per heavy atom. The largest absolute Gasteiger partial charge is 0.379 e. The number of hydrogen-bond acceptors (Lipinski definition) is 4. The average Bonchev–Trinajstić information content (AvgIpc) is 2.58. The molecule has 0 bridgehead atoms. The molecule has 142 valence electrons. The first kappa shape index (κ1) is 22.3. The van der Waals surface area contributed by atoms with Gasteiger partial charge >= 0.3 is 0 Å². The normalized spacial score (nSPS) is 30.3. The second kappa shape index (κ2) is 11.8. The van der Waals surface area contributed by atoms with Gasteiger partial charge in [0.15, 0.2) is 5.96 Å². The summed E-state index contributed by atoms with van der Waals surface area (Å²) in [5.74, 6) is 0.949. The lowest BCUT2D eigenvalue weighted by molar-refractivity contribution is -0.0174. The highest BCUT2D eigenvalue weighted by Crippen LogP contribution is 2.26. The summed E-state index contributed by atoms with van der Waals surface area (Å²) in [5, 5.41) is 7.94. The van der Waals surface area contributed by atoms with E-state index in [-0.39, 0.29) is 24.0 Å². The smallest absolute Gasteiger partial charge is 0.191 e. The van der Waals surface area contributed by atoms with Gasteiger partial charge in [-0.1, -0.05) is 6.42 Å². The maximum absolute atomic E-state index is 5.53. The molecule has 1 aliphatic heterocycles. The molecule has 0 aromatic rings. The molecule has 0 aromatic heterocycles. The predicted molar refractivity (Wildman–Crippen MR) is 116 cm³/mol. The van der Waals surface area contributed by atoms with Crippen molar-refractivity contribution in [2.45, 2.75) is 62.9 Å². The van der Waals surface area contributed by atoms with Crippen LogP contribution in [0.3, 0.4) is 0 Å². The van der Waals surface area contributed by atoms with Gasteiger partial charge in [-0.2, -0.15) is 11.8 Å². The van der Waals surface area contributed by atoms with Crippen LogP contribution in [-0.4, -0.2) is 73.8 Å². The van der Waals surface area contributed by atoms with Crippen LogP contribution < -0.4 is 10.6 Å². The molecular formula is C17H35IN4OS. The fraction of sp³-hybridized carbons (Fsp3) is 0.941. The lowest BCUT2D eigenvalue weighted by atomic mass is 9.95. The topological polar surface area (TPSA) is 48.9 Å². The summed E-state index contributed by atoms with van der Waals surface area (Å²) in [4.78, 5) is 6.94. The maximum Gasteiger partial charge on any atom is 0.191 e. The van der Waals surface area contributed by atoms with E-state index in [0.29, 0.717) is 18.1 Å². The van der Waals surface area contributed by atoms with Gasteiger partial charge in [0, 0.05) is 43.5 Å². The van der Waals surface area contributed by atoms with Crippen LogP contribution in [-0.2, 0) is 4.74 Å². The van der Waals surface area contributed by atoms with Gasteiger partial charge in [0.25, 0.3) is 0 Å². The minimum Gasteiger partial charge on any atom is -0.379 e. The number of rotatable bonds is 5. The highest BCUT2D eigenvalue weighted by Gasteiger charge is 2.25. The fourth-order valence-corrected chi connectivity index (χ4v) is 4.46. The number of morpholine rings is 1. The summed E-state index contributed by atoms with van der Waals surface area (Å²) in [6, 6.07) is 1.54. The van der Waals surface area contributed by atoms with Crippen molar-refractivity contribution in [2.75, 3.05) is 39.6 Å². The molecule has 0 amide bonds. The molecule has 24 heavy (non-hydrogen) atoms. The van der Waals surface area contributed by atoms with Gasteiger partial charge in [0.1, 0.15) is 0 Å². The van der Waals surface area contributed by atoms with Crippen LogP contribution in [0.4, 0.5) is 0 Å². The first-order valence-electron chi connectivity index (χ1n) is 8.97. The van der Waals surface area contributed by atoms with Crippen molar-refractivity contribution in [3.8, 4) is 0 Å². The Morgan fingerprint density at radius 2 is 2.21 bits per heavy atom. The highest BCUT2D eigenvalue weighted by molar-refractivity contribution is 14.0. The molecular weight excluding hydrogens is 435 g/mol. The first-order valence-corrected chi connectivity index (χ1v) is 10.3. The molecule has 2 aliphatic rings. The number of thioether (sulfide) groups is 1. The molecule has 2 fully saturated rings. The van der Waals surface area contributed by atoms with Gasteiger partial charge in [-0.25, -0.2) is 0 Å². The van der Waals surface area contributed by atoms with Crippen LogP contribution >= 0.6 is 35.7 Å². The number of guanidine groups is 1. The van der Waals surface area contributed by atoms with Crippen LogP contribution in [0.2, 0.25) is 0 Å². The van der Waals surface area contributed by atoms with Crippen molar-refractivity contribution in [3.63, 3.8) is 0 Å². The van der Waals surface area contributed by atoms with Gasteiger partial charge in [-0.15, -0.1) is 24.0 Å². The van der Waals surface area contributed by atoms with Crippen LogP contribution in [0.25, 0.3) is 0 Å². The van der Waals surface area contributed by atoms with Crippen LogP contribution in [0, 0.1) is 0 Å². The van der Waals surface area contributed by atoms with Gasteiger partial charge < -0.3 is 15.4 Å². The van der Waals surface area contributed by atoms with Crippen LogP contribution in [0.5, 0.6) is 0 Å². The second-order valence-electron chi connectivity index (χ2n) is 6.83. The lowest BCUT2D eigenvalue weighted by Crippen LogP contribution is -2.54. The van der Waals surface area contributed by atoms with Crippen molar-refractivity contribution in [1.82, 2.24) is 15.5 Å². The Labute approximate surface area is 169 Å². The minimum atomic E-state index is 0. The van der Waals surface area contributed by atoms with Crippen LogP contribution in [0.15, 0.2) is 4.99 Å². The number of ether oxygens (including phenoxy) is 1. The van der Waals surface area contributed by atoms with Gasteiger partial charge in [-0.3, -0.25) is 9.89 Å². The predicted octanol–water partition coefficient (Wildman–Crippen LogP) is 2.55. The van der Waals surface area contributed by atoms with E-state index in [1.807, 2.05) is 18.8 Å². The third-order valence-electron chi connectivity index (χ3n) is 5.07. The quantitative estimate of drug-likeness (QED) is 0.368. The molecule has 1 aliphatic carbocycles. The fourth-order valence-electron chi connectivity index (χ4n) is 3.63. The number of hydrogen-bond donors (Lipinski definition) is 2. The molecule has 1 saturated carbocycles. The van der Waals surface area contributed by atoms with Crippen molar-refractivity contribution >= 4 is 41.7 Å². The summed E-state index contributed by atoms with van der Waals surface area (Å²) in [5.41, 5.74) is 0. The number of nitrogens with one attached hydrogen (secondary N) is 2. The van der Waals surface area contributed by atoms with E-state index < -0.39 is 0 Å². The molecule has 2 N–H and O–H groups in total. The monoisotopic (exact) mass is 470 g/mol. The third-order valence-corrected chi connectivity index (χ3v) is 6.17. The van der Waals surface area contributed by atoms with E-state index in [4.69, 9.17) is 4.74 Å². The molecule has 2 rings (SSSR count). The number of aliphatic imine (C=N–C) groups is 1. The van der Waals surface area contributed by atoms with Gasteiger partial charge in [0.05, 0.1) is 13.2 Å². The Hall–Kier alpha value is 0.270. The zero-order valence-electron chi connectivity index (χ0n) is 15.6. The third kappa shape index (κ3) is 6.88. The van der Waals surface area contributed by atoms with E-state index in [9.17, 15) is 0 Å².